The molecule has 1 aromatic heterocycles. The maximum absolute atomic E-state index is 12.4. The number of carbonyl (C=O) groups is 2. The summed E-state index contributed by atoms with van der Waals surface area (Å²) in [6.07, 6.45) is 3.11. The highest BCUT2D eigenvalue weighted by Crippen LogP contribution is 2.37. The van der Waals surface area contributed by atoms with Gasteiger partial charge in [0.05, 0.1) is 25.0 Å². The lowest BCUT2D eigenvalue weighted by molar-refractivity contribution is -0.141. The molecule has 3 heterocycles. The largest absolute Gasteiger partial charge is 0.345 e. The molecule has 2 aromatic rings. The van der Waals surface area contributed by atoms with Crippen molar-refractivity contribution < 1.29 is 24.5 Å². The molecule has 4 rings (SSSR count). The first-order valence-corrected chi connectivity index (χ1v) is 9.51. The van der Waals surface area contributed by atoms with E-state index >= 15 is 0 Å². The minimum atomic E-state index is -0.628. The number of nitrogens with one attached hydrogen (secondary N) is 2. The highest BCUT2D eigenvalue weighted by atomic mass is 16.7. The molecule has 1 saturated heterocycles. The van der Waals surface area contributed by atoms with Crippen molar-refractivity contribution >= 4 is 18.3 Å². The predicted octanol–water partition coefficient (Wildman–Crippen LogP) is 0.515. The Morgan fingerprint density at radius 3 is 2.87 bits per heavy atom. The maximum atomic E-state index is 12.4. The minimum absolute atomic E-state index is 0.0568. The van der Waals surface area contributed by atoms with Gasteiger partial charge in [-0.05, 0) is 5.56 Å². The Bertz CT molecular complexity index is 918. The van der Waals surface area contributed by atoms with Crippen LogP contribution in [0.1, 0.15) is 22.9 Å². The Labute approximate surface area is 178 Å². The third kappa shape index (κ3) is 5.36. The third-order valence-corrected chi connectivity index (χ3v) is 4.74. The van der Waals surface area contributed by atoms with Crippen molar-refractivity contribution in [2.24, 2.45) is 12.0 Å². The molecular weight excluding hydrogens is 406 g/mol. The summed E-state index contributed by atoms with van der Waals surface area (Å²) in [5.74, 6) is -0.628. The fourth-order valence-electron chi connectivity index (χ4n) is 3.22. The van der Waals surface area contributed by atoms with Gasteiger partial charge in [0.1, 0.15) is 19.0 Å². The molecule has 12 nitrogen and oxygen atoms in total. The zero-order chi connectivity index (χ0) is 22.2. The van der Waals surface area contributed by atoms with E-state index < -0.39 is 5.91 Å². The van der Waals surface area contributed by atoms with Gasteiger partial charge in [-0.15, -0.1) is 0 Å². The van der Waals surface area contributed by atoms with Crippen molar-refractivity contribution in [2.45, 2.75) is 19.2 Å². The number of aryl methyl sites for hydroxylation is 1. The molecule has 1 aromatic carbocycles. The summed E-state index contributed by atoms with van der Waals surface area (Å²) in [4.78, 5) is 38.1. The molecule has 2 bridgehead atoms. The normalized spacial score (nSPS) is 16.7. The molecule has 1 unspecified atom stereocenters. The molecule has 1 fully saturated rings. The number of fused-ring (bicyclic) bond motifs is 4. The van der Waals surface area contributed by atoms with E-state index in [0.717, 1.165) is 16.8 Å². The van der Waals surface area contributed by atoms with E-state index in [9.17, 15) is 9.59 Å². The average molecular weight is 431 g/mol. The maximum Gasteiger partial charge on any atom is 0.345 e. The van der Waals surface area contributed by atoms with Gasteiger partial charge in [-0.25, -0.2) is 10.3 Å². The van der Waals surface area contributed by atoms with Gasteiger partial charge in [-0.3, -0.25) is 34.8 Å². The number of carbonyl (C=O) groups excluding carboxylic acids is 2. The molecule has 0 aliphatic carbocycles. The SMILES string of the molecule is CN=CNOCC(=O)NO.Cn1ncc2c1CN1CC2N(OCc2ccccc2)C1=O. The molecule has 0 spiro atoms. The summed E-state index contributed by atoms with van der Waals surface area (Å²) in [6, 6.07) is 9.75. The van der Waals surface area contributed by atoms with Crippen LogP contribution in [0.5, 0.6) is 0 Å². The minimum Gasteiger partial charge on any atom is -0.314 e. The smallest absolute Gasteiger partial charge is 0.314 e. The van der Waals surface area contributed by atoms with Crippen LogP contribution in [-0.4, -0.2) is 63.4 Å². The van der Waals surface area contributed by atoms with Gasteiger partial charge < -0.3 is 4.90 Å². The van der Waals surface area contributed by atoms with Crippen LogP contribution in [-0.2, 0) is 34.7 Å². The second kappa shape index (κ2) is 10.5. The topological polar surface area (TPSA) is 134 Å². The second-order valence-electron chi connectivity index (χ2n) is 6.76. The van der Waals surface area contributed by atoms with E-state index in [2.05, 4.69) is 20.4 Å². The molecule has 2 aliphatic rings. The molecule has 0 saturated carbocycles. The molecule has 31 heavy (non-hydrogen) atoms. The van der Waals surface area contributed by atoms with Gasteiger partial charge in [-0.1, -0.05) is 30.3 Å². The number of nitrogens with zero attached hydrogens (tertiary/aromatic N) is 5. The van der Waals surface area contributed by atoms with Gasteiger partial charge in [-0.2, -0.15) is 10.2 Å². The molecule has 3 N–H and O–H groups in total. The van der Waals surface area contributed by atoms with E-state index in [1.54, 1.807) is 11.9 Å². The van der Waals surface area contributed by atoms with Gasteiger partial charge in [0, 0.05) is 19.7 Å². The van der Waals surface area contributed by atoms with E-state index in [0.29, 0.717) is 19.7 Å². The Morgan fingerprint density at radius 1 is 1.39 bits per heavy atom. The number of hydrogen-bond donors (Lipinski definition) is 3. The fourth-order valence-corrected chi connectivity index (χ4v) is 3.22. The quantitative estimate of drug-likeness (QED) is 0.191. The van der Waals surface area contributed by atoms with E-state index in [1.165, 1.54) is 16.9 Å². The summed E-state index contributed by atoms with van der Waals surface area (Å²) in [5.41, 5.74) is 6.86. The Morgan fingerprint density at radius 2 is 2.16 bits per heavy atom. The molecule has 1 atom stereocenters. The summed E-state index contributed by atoms with van der Waals surface area (Å²) in [6.45, 7) is 1.41. The highest BCUT2D eigenvalue weighted by molar-refractivity contribution is 5.77. The zero-order valence-electron chi connectivity index (χ0n) is 17.3. The van der Waals surface area contributed by atoms with Gasteiger partial charge in [0.15, 0.2) is 6.61 Å². The summed E-state index contributed by atoms with van der Waals surface area (Å²) >= 11 is 0. The van der Waals surface area contributed by atoms with E-state index in [4.69, 9.17) is 10.0 Å². The van der Waals surface area contributed by atoms with Gasteiger partial charge in [0.2, 0.25) is 0 Å². The number of rotatable bonds is 7. The zero-order valence-corrected chi connectivity index (χ0v) is 17.3. The standard InChI is InChI=1S/C15H16N4O2.C4H9N3O3/c1-17-13-8-18-9-14(12(13)7-16-17)19(15(18)20)21-10-11-5-3-2-4-6-11;1-5-3-6-10-2-4(8)7-9/h2-7,14H,8-10H2,1H3;3,9H,2H2,1H3,(H,5,6)(H,7,8). The number of urea groups is 1. The fraction of sp³-hybridized carbons (Fsp3) is 0.368. The summed E-state index contributed by atoms with van der Waals surface area (Å²) < 4.78 is 1.84. The lowest BCUT2D eigenvalue weighted by Gasteiger charge is -2.22. The van der Waals surface area contributed by atoms with Crippen LogP contribution in [0.3, 0.4) is 0 Å². The van der Waals surface area contributed by atoms with Crippen molar-refractivity contribution in [2.75, 3.05) is 20.2 Å². The van der Waals surface area contributed by atoms with E-state index in [1.807, 2.05) is 48.3 Å². The first kappa shape index (κ1) is 22.2. The highest BCUT2D eigenvalue weighted by Gasteiger charge is 2.45. The van der Waals surface area contributed by atoms with Crippen LogP contribution in [0.2, 0.25) is 0 Å². The number of aromatic nitrogens is 2. The first-order chi connectivity index (χ1) is 15.0. The molecule has 3 amide bonds. The average Bonchev–Trinajstić information content (AvgIpc) is 3.29. The van der Waals surface area contributed by atoms with Crippen molar-refractivity contribution in [3.05, 3.63) is 53.3 Å². The first-order valence-electron chi connectivity index (χ1n) is 9.51. The third-order valence-electron chi connectivity index (χ3n) is 4.74. The van der Waals surface area contributed by atoms with Crippen LogP contribution in [0.4, 0.5) is 4.79 Å². The van der Waals surface area contributed by atoms with Crippen LogP contribution in [0, 0.1) is 0 Å². The lowest BCUT2D eigenvalue weighted by Crippen LogP contribution is -2.30. The molecule has 2 aliphatic heterocycles. The molecule has 0 radical (unpaired) electrons. The lowest BCUT2D eigenvalue weighted by atomic mass is 10.1. The summed E-state index contributed by atoms with van der Waals surface area (Å²) in [5, 5.41) is 13.7. The number of hydrogen-bond acceptors (Lipinski definition) is 7. The van der Waals surface area contributed by atoms with Crippen molar-refractivity contribution in [3.63, 3.8) is 0 Å². The van der Waals surface area contributed by atoms with Gasteiger partial charge in [0.25, 0.3) is 5.91 Å². The van der Waals surface area contributed by atoms with Crippen molar-refractivity contribution in [3.8, 4) is 0 Å². The Balaban J connectivity index is 0.000000233. The Hall–Kier alpha value is -3.48. The van der Waals surface area contributed by atoms with Crippen LogP contribution in [0.15, 0.2) is 41.5 Å². The van der Waals surface area contributed by atoms with Gasteiger partial charge >= 0.3 is 6.03 Å². The number of benzene rings is 1. The summed E-state index contributed by atoms with van der Waals surface area (Å²) in [7, 11) is 3.45. The molecular formula is C19H25N7O5. The molecule has 166 valence electrons. The van der Waals surface area contributed by atoms with E-state index in [-0.39, 0.29) is 18.7 Å². The second-order valence-corrected chi connectivity index (χ2v) is 6.76. The Kier molecular flexibility index (Phi) is 7.54. The number of aliphatic imine (C=N–C) groups is 1. The van der Waals surface area contributed by atoms with Crippen LogP contribution < -0.4 is 11.0 Å². The predicted molar refractivity (Wildman–Crippen MR) is 108 cm³/mol. The van der Waals surface area contributed by atoms with Crippen molar-refractivity contribution in [1.82, 2.24) is 30.7 Å². The number of amides is 3. The van der Waals surface area contributed by atoms with Crippen molar-refractivity contribution in [1.29, 1.82) is 0 Å². The van der Waals surface area contributed by atoms with Crippen LogP contribution >= 0.6 is 0 Å². The monoisotopic (exact) mass is 431 g/mol. The molecule has 12 heteroatoms. The van der Waals surface area contributed by atoms with Crippen LogP contribution in [0.25, 0.3) is 0 Å². The number of hydroxylamine groups is 4.